The second-order valence-corrected chi connectivity index (χ2v) is 6.70. The summed E-state index contributed by atoms with van der Waals surface area (Å²) in [5, 5.41) is 10.5. The molecule has 1 unspecified atom stereocenters. The fraction of sp³-hybridized carbons (Fsp3) is 0.312. The lowest BCUT2D eigenvalue weighted by atomic mass is 10.0. The Balaban J connectivity index is 2.32. The smallest absolute Gasteiger partial charge is 0.128 e. The molecule has 1 atom stereocenters. The molecule has 0 fully saturated rings. The second kappa shape index (κ2) is 6.90. The van der Waals surface area contributed by atoms with E-state index >= 15 is 0 Å². The van der Waals surface area contributed by atoms with Crippen LogP contribution in [-0.4, -0.2) is 17.2 Å². The van der Waals surface area contributed by atoms with E-state index in [0.29, 0.717) is 6.42 Å². The van der Waals surface area contributed by atoms with Gasteiger partial charge >= 0.3 is 0 Å². The van der Waals surface area contributed by atoms with Crippen molar-refractivity contribution in [1.29, 1.82) is 0 Å². The predicted octanol–water partition coefficient (Wildman–Crippen LogP) is 4.51. The van der Waals surface area contributed by atoms with Crippen LogP contribution in [0.5, 0.6) is 5.75 Å². The molecule has 0 aliphatic carbocycles. The summed E-state index contributed by atoms with van der Waals surface area (Å²) in [4.78, 5) is 4.44. The Morgan fingerprint density at radius 2 is 2.00 bits per heavy atom. The number of halogens is 2. The molecule has 2 aromatic rings. The zero-order chi connectivity index (χ0) is 15.6. The van der Waals surface area contributed by atoms with Gasteiger partial charge in [0.15, 0.2) is 0 Å². The molecule has 0 amide bonds. The number of aliphatic hydroxyl groups is 1. The van der Waals surface area contributed by atoms with Crippen molar-refractivity contribution in [2.24, 2.45) is 0 Å². The number of nitrogens with zero attached hydrogens (tertiary/aromatic N) is 1. The van der Waals surface area contributed by atoms with Crippen molar-refractivity contribution >= 4 is 31.9 Å². The van der Waals surface area contributed by atoms with Crippen molar-refractivity contribution in [1.82, 2.24) is 4.98 Å². The van der Waals surface area contributed by atoms with Crippen molar-refractivity contribution in [2.75, 3.05) is 7.11 Å². The van der Waals surface area contributed by atoms with Gasteiger partial charge in [-0.25, -0.2) is 0 Å². The van der Waals surface area contributed by atoms with Gasteiger partial charge in [0.05, 0.1) is 13.2 Å². The summed E-state index contributed by atoms with van der Waals surface area (Å²) < 4.78 is 7.23. The molecular formula is C16H17Br2NO2. The van der Waals surface area contributed by atoms with E-state index in [9.17, 15) is 5.11 Å². The van der Waals surface area contributed by atoms with Crippen LogP contribution in [0.15, 0.2) is 33.3 Å². The summed E-state index contributed by atoms with van der Waals surface area (Å²) in [5.74, 6) is 0.834. The summed E-state index contributed by atoms with van der Waals surface area (Å²) in [5.41, 5.74) is 3.65. The molecule has 0 spiro atoms. The lowest BCUT2D eigenvalue weighted by Crippen LogP contribution is -2.07. The van der Waals surface area contributed by atoms with Gasteiger partial charge in [0.25, 0.3) is 0 Å². The molecule has 0 aliphatic rings. The van der Waals surface area contributed by atoms with E-state index in [1.807, 2.05) is 32.0 Å². The maximum absolute atomic E-state index is 10.5. The van der Waals surface area contributed by atoms with Gasteiger partial charge in [-0.3, -0.25) is 4.98 Å². The van der Waals surface area contributed by atoms with Gasteiger partial charge < -0.3 is 9.84 Å². The molecule has 21 heavy (non-hydrogen) atoms. The summed E-state index contributed by atoms with van der Waals surface area (Å²) in [7, 11) is 1.65. The lowest BCUT2D eigenvalue weighted by Gasteiger charge is -2.16. The van der Waals surface area contributed by atoms with Gasteiger partial charge in [0.1, 0.15) is 5.75 Å². The number of aryl methyl sites for hydroxylation is 1. The van der Waals surface area contributed by atoms with Crippen LogP contribution in [0.2, 0.25) is 0 Å². The fourth-order valence-electron chi connectivity index (χ4n) is 2.34. The van der Waals surface area contributed by atoms with E-state index in [-0.39, 0.29) is 0 Å². The number of pyridine rings is 1. The van der Waals surface area contributed by atoms with Crippen LogP contribution in [0.1, 0.15) is 28.5 Å². The normalized spacial score (nSPS) is 12.3. The molecule has 0 radical (unpaired) electrons. The van der Waals surface area contributed by atoms with E-state index in [4.69, 9.17) is 4.74 Å². The molecule has 0 aliphatic heterocycles. The SMILES string of the molecule is COc1c(C)cnc(CC(O)c2cc(Br)ccc2Br)c1C. The average molecular weight is 415 g/mol. The Hall–Kier alpha value is -0.910. The largest absolute Gasteiger partial charge is 0.496 e. The first-order valence-corrected chi connectivity index (χ1v) is 8.14. The minimum absolute atomic E-state index is 0.442. The molecule has 2 rings (SSSR count). The first-order chi connectivity index (χ1) is 9.93. The quantitative estimate of drug-likeness (QED) is 0.800. The molecule has 0 bridgehead atoms. The van der Waals surface area contributed by atoms with Crippen molar-refractivity contribution < 1.29 is 9.84 Å². The molecule has 3 nitrogen and oxygen atoms in total. The molecule has 0 saturated carbocycles. The Morgan fingerprint density at radius 1 is 1.29 bits per heavy atom. The van der Waals surface area contributed by atoms with E-state index in [1.54, 1.807) is 13.3 Å². The van der Waals surface area contributed by atoms with Crippen LogP contribution in [0.25, 0.3) is 0 Å². The molecule has 5 heteroatoms. The number of hydrogen-bond donors (Lipinski definition) is 1. The first-order valence-electron chi connectivity index (χ1n) is 6.56. The van der Waals surface area contributed by atoms with Crippen LogP contribution < -0.4 is 4.74 Å². The third kappa shape index (κ3) is 3.65. The van der Waals surface area contributed by atoms with E-state index in [0.717, 1.165) is 37.1 Å². The Bertz CT molecular complexity index is 659. The number of benzene rings is 1. The highest BCUT2D eigenvalue weighted by Crippen LogP contribution is 2.31. The summed E-state index contributed by atoms with van der Waals surface area (Å²) in [6.07, 6.45) is 1.59. The number of aromatic nitrogens is 1. The van der Waals surface area contributed by atoms with E-state index < -0.39 is 6.10 Å². The van der Waals surface area contributed by atoms with Crippen LogP contribution in [0, 0.1) is 13.8 Å². The van der Waals surface area contributed by atoms with Crippen molar-refractivity contribution in [2.45, 2.75) is 26.4 Å². The van der Waals surface area contributed by atoms with Crippen molar-refractivity contribution in [3.8, 4) is 5.75 Å². The highest BCUT2D eigenvalue weighted by Gasteiger charge is 2.17. The number of methoxy groups -OCH3 is 1. The van der Waals surface area contributed by atoms with Gasteiger partial charge in [-0.2, -0.15) is 0 Å². The third-order valence-electron chi connectivity index (χ3n) is 3.45. The van der Waals surface area contributed by atoms with Crippen LogP contribution in [-0.2, 0) is 6.42 Å². The Morgan fingerprint density at radius 3 is 2.67 bits per heavy atom. The maximum Gasteiger partial charge on any atom is 0.128 e. The number of hydrogen-bond acceptors (Lipinski definition) is 3. The molecule has 1 N–H and O–H groups in total. The average Bonchev–Trinajstić information content (AvgIpc) is 2.45. The molecule has 112 valence electrons. The highest BCUT2D eigenvalue weighted by molar-refractivity contribution is 9.11. The van der Waals surface area contributed by atoms with Gasteiger partial charge in [0.2, 0.25) is 0 Å². The van der Waals surface area contributed by atoms with Crippen LogP contribution in [0.4, 0.5) is 0 Å². The zero-order valence-corrected chi connectivity index (χ0v) is 15.3. The van der Waals surface area contributed by atoms with Gasteiger partial charge in [-0.15, -0.1) is 0 Å². The summed E-state index contributed by atoms with van der Waals surface area (Å²) >= 11 is 6.91. The molecule has 1 aromatic carbocycles. The minimum Gasteiger partial charge on any atom is -0.496 e. The lowest BCUT2D eigenvalue weighted by molar-refractivity contribution is 0.176. The Kier molecular flexibility index (Phi) is 5.41. The maximum atomic E-state index is 10.5. The molecule has 1 aromatic heterocycles. The van der Waals surface area contributed by atoms with Crippen molar-refractivity contribution in [3.05, 3.63) is 55.7 Å². The molecular weight excluding hydrogens is 398 g/mol. The number of aliphatic hydroxyl groups excluding tert-OH is 1. The number of ether oxygens (including phenoxy) is 1. The summed E-state index contributed by atoms with van der Waals surface area (Å²) in [6, 6.07) is 5.76. The topological polar surface area (TPSA) is 42.4 Å². The van der Waals surface area contributed by atoms with Crippen LogP contribution in [0.3, 0.4) is 0 Å². The second-order valence-electron chi connectivity index (χ2n) is 4.93. The van der Waals surface area contributed by atoms with Crippen LogP contribution >= 0.6 is 31.9 Å². The van der Waals surface area contributed by atoms with E-state index in [2.05, 4.69) is 36.8 Å². The monoisotopic (exact) mass is 413 g/mol. The van der Waals surface area contributed by atoms with Gasteiger partial charge in [0, 0.05) is 38.4 Å². The first kappa shape index (κ1) is 16.5. The number of rotatable bonds is 4. The fourth-order valence-corrected chi connectivity index (χ4v) is 3.23. The minimum atomic E-state index is -0.629. The van der Waals surface area contributed by atoms with Crippen molar-refractivity contribution in [3.63, 3.8) is 0 Å². The van der Waals surface area contributed by atoms with E-state index in [1.165, 1.54) is 0 Å². The summed E-state index contributed by atoms with van der Waals surface area (Å²) in [6.45, 7) is 3.93. The zero-order valence-electron chi connectivity index (χ0n) is 12.2. The highest BCUT2D eigenvalue weighted by atomic mass is 79.9. The van der Waals surface area contributed by atoms with Gasteiger partial charge in [-0.05, 0) is 37.6 Å². The van der Waals surface area contributed by atoms with Gasteiger partial charge in [-0.1, -0.05) is 31.9 Å². The standard InChI is InChI=1S/C16H17Br2NO2/c1-9-8-19-14(10(2)16(9)21-3)7-15(20)12-6-11(17)4-5-13(12)18/h4-6,8,15,20H,7H2,1-3H3. The molecule has 0 saturated heterocycles. The predicted molar refractivity (Wildman–Crippen MR) is 90.8 cm³/mol. The Labute approximate surface area is 141 Å². The third-order valence-corrected chi connectivity index (χ3v) is 4.67. The molecule has 1 heterocycles.